The van der Waals surface area contributed by atoms with Crippen LogP contribution >= 0.6 is 22.9 Å². The maximum Gasteiger partial charge on any atom is 0.199 e. The Balaban J connectivity index is 1.81. The molecule has 0 aliphatic rings. The summed E-state index contributed by atoms with van der Waals surface area (Å²) in [6.07, 6.45) is 1.05. The second kappa shape index (κ2) is 6.00. The number of hydrogen-bond donors (Lipinski definition) is 1. The van der Waals surface area contributed by atoms with Crippen molar-refractivity contribution in [2.24, 2.45) is 0 Å². The van der Waals surface area contributed by atoms with Crippen LogP contribution in [0.15, 0.2) is 46.2 Å². The van der Waals surface area contributed by atoms with E-state index < -0.39 is 0 Å². The maximum atomic E-state index is 6.22. The topological polar surface area (TPSA) is 25.2 Å². The molecule has 1 unspecified atom stereocenters. The molecule has 0 amide bonds. The number of furan rings is 1. The zero-order valence-corrected chi connectivity index (χ0v) is 12.8. The molecule has 1 atom stereocenters. The van der Waals surface area contributed by atoms with Gasteiger partial charge in [0, 0.05) is 28.4 Å². The first-order valence-electron chi connectivity index (χ1n) is 6.72. The molecule has 0 saturated carbocycles. The van der Waals surface area contributed by atoms with Gasteiger partial charge in [0.1, 0.15) is 5.58 Å². The van der Waals surface area contributed by atoms with Crippen molar-refractivity contribution in [1.29, 1.82) is 0 Å². The van der Waals surface area contributed by atoms with Crippen molar-refractivity contribution in [3.05, 3.63) is 57.4 Å². The van der Waals surface area contributed by atoms with Crippen molar-refractivity contribution in [2.45, 2.75) is 25.9 Å². The minimum Gasteiger partial charge on any atom is -0.444 e. The van der Waals surface area contributed by atoms with Gasteiger partial charge < -0.3 is 9.73 Å². The first-order chi connectivity index (χ1) is 9.79. The Morgan fingerprint density at radius 3 is 2.85 bits per heavy atom. The molecule has 3 rings (SSSR count). The summed E-state index contributed by atoms with van der Waals surface area (Å²) in [5.74, 6) is 0. The molecular weight excluding hydrogens is 290 g/mol. The van der Waals surface area contributed by atoms with Gasteiger partial charge in [-0.2, -0.15) is 0 Å². The third-order valence-corrected chi connectivity index (χ3v) is 4.76. The summed E-state index contributed by atoms with van der Waals surface area (Å²) in [5, 5.41) is 7.26. The molecule has 0 spiro atoms. The maximum absolute atomic E-state index is 6.22. The summed E-state index contributed by atoms with van der Waals surface area (Å²) >= 11 is 8.00. The molecule has 0 aliphatic carbocycles. The molecule has 0 bridgehead atoms. The van der Waals surface area contributed by atoms with Gasteiger partial charge in [-0.3, -0.25) is 0 Å². The number of para-hydroxylation sites is 1. The van der Waals surface area contributed by atoms with Gasteiger partial charge in [-0.05, 0) is 35.5 Å². The SMILES string of the molecule is CCC(NCc1c(Cl)oc2ccccc12)c1cccs1. The van der Waals surface area contributed by atoms with Crippen LogP contribution in [0.5, 0.6) is 0 Å². The summed E-state index contributed by atoms with van der Waals surface area (Å²) in [4.78, 5) is 1.36. The fraction of sp³-hybridized carbons (Fsp3) is 0.250. The zero-order valence-electron chi connectivity index (χ0n) is 11.2. The first kappa shape index (κ1) is 13.7. The highest BCUT2D eigenvalue weighted by Crippen LogP contribution is 2.30. The monoisotopic (exact) mass is 305 g/mol. The summed E-state index contributed by atoms with van der Waals surface area (Å²) in [6, 6.07) is 12.6. The summed E-state index contributed by atoms with van der Waals surface area (Å²) < 4.78 is 5.58. The zero-order chi connectivity index (χ0) is 13.9. The third-order valence-electron chi connectivity index (χ3n) is 3.47. The van der Waals surface area contributed by atoms with E-state index in [0.29, 0.717) is 17.8 Å². The van der Waals surface area contributed by atoms with E-state index in [1.807, 2.05) is 24.3 Å². The molecule has 2 nitrogen and oxygen atoms in total. The lowest BCUT2D eigenvalue weighted by Gasteiger charge is -2.15. The Labute approximate surface area is 127 Å². The molecule has 1 aromatic carbocycles. The Kier molecular flexibility index (Phi) is 4.10. The van der Waals surface area contributed by atoms with Crippen LogP contribution in [0.2, 0.25) is 5.22 Å². The molecule has 0 fully saturated rings. The highest BCUT2D eigenvalue weighted by Gasteiger charge is 2.15. The first-order valence-corrected chi connectivity index (χ1v) is 7.98. The summed E-state index contributed by atoms with van der Waals surface area (Å²) in [5.41, 5.74) is 1.88. The van der Waals surface area contributed by atoms with Crippen LogP contribution in [0, 0.1) is 0 Å². The van der Waals surface area contributed by atoms with Gasteiger partial charge in [0.25, 0.3) is 0 Å². The van der Waals surface area contributed by atoms with Crippen LogP contribution in [0.3, 0.4) is 0 Å². The van der Waals surface area contributed by atoms with Gasteiger partial charge >= 0.3 is 0 Å². The van der Waals surface area contributed by atoms with Crippen molar-refractivity contribution >= 4 is 33.9 Å². The van der Waals surface area contributed by atoms with E-state index in [4.69, 9.17) is 16.0 Å². The van der Waals surface area contributed by atoms with Gasteiger partial charge in [-0.15, -0.1) is 11.3 Å². The molecule has 1 N–H and O–H groups in total. The van der Waals surface area contributed by atoms with Crippen LogP contribution in [0.1, 0.15) is 29.8 Å². The summed E-state index contributed by atoms with van der Waals surface area (Å²) in [7, 11) is 0. The van der Waals surface area contributed by atoms with E-state index in [2.05, 4.69) is 29.8 Å². The molecule has 2 heterocycles. The fourth-order valence-electron chi connectivity index (χ4n) is 2.39. The molecule has 20 heavy (non-hydrogen) atoms. The van der Waals surface area contributed by atoms with Crippen LogP contribution < -0.4 is 5.32 Å². The van der Waals surface area contributed by atoms with Crippen LogP contribution in [-0.2, 0) is 6.54 Å². The fourth-order valence-corrected chi connectivity index (χ4v) is 3.53. The average Bonchev–Trinajstić information content (AvgIpc) is 3.08. The van der Waals surface area contributed by atoms with Crippen LogP contribution in [0.25, 0.3) is 11.0 Å². The molecule has 104 valence electrons. The van der Waals surface area contributed by atoms with Gasteiger partial charge in [0.15, 0.2) is 5.22 Å². The van der Waals surface area contributed by atoms with Crippen molar-refractivity contribution < 1.29 is 4.42 Å². The molecule has 0 saturated heterocycles. The van der Waals surface area contributed by atoms with Crippen LogP contribution in [-0.4, -0.2) is 0 Å². The average molecular weight is 306 g/mol. The van der Waals surface area contributed by atoms with Gasteiger partial charge in [0.05, 0.1) is 0 Å². The van der Waals surface area contributed by atoms with E-state index in [0.717, 1.165) is 23.0 Å². The smallest absolute Gasteiger partial charge is 0.199 e. The van der Waals surface area contributed by atoms with E-state index >= 15 is 0 Å². The quantitative estimate of drug-likeness (QED) is 0.684. The summed E-state index contributed by atoms with van der Waals surface area (Å²) in [6.45, 7) is 2.90. The van der Waals surface area contributed by atoms with Crippen molar-refractivity contribution in [3.63, 3.8) is 0 Å². The Hall–Kier alpha value is -1.29. The standard InChI is InChI=1S/C16H16ClNOS/c1-2-13(15-8-5-9-20-15)18-10-12-11-6-3-4-7-14(11)19-16(12)17/h3-9,13,18H,2,10H2,1H3. The Bertz CT molecular complexity index is 690. The minimum absolute atomic E-state index is 0.361. The van der Waals surface area contributed by atoms with Crippen molar-refractivity contribution in [2.75, 3.05) is 0 Å². The lowest BCUT2D eigenvalue weighted by Crippen LogP contribution is -2.19. The number of thiophene rings is 1. The van der Waals surface area contributed by atoms with E-state index in [1.54, 1.807) is 11.3 Å². The molecular formula is C16H16ClNOS. The van der Waals surface area contributed by atoms with Gasteiger partial charge in [-0.25, -0.2) is 0 Å². The third kappa shape index (κ3) is 2.62. The van der Waals surface area contributed by atoms with E-state index in [9.17, 15) is 0 Å². The highest BCUT2D eigenvalue weighted by molar-refractivity contribution is 7.10. The second-order valence-electron chi connectivity index (χ2n) is 4.71. The lowest BCUT2D eigenvalue weighted by molar-refractivity contribution is 0.522. The number of fused-ring (bicyclic) bond motifs is 1. The lowest BCUT2D eigenvalue weighted by atomic mass is 10.1. The molecule has 3 aromatic rings. The van der Waals surface area contributed by atoms with Gasteiger partial charge in [0.2, 0.25) is 0 Å². The normalized spacial score (nSPS) is 12.9. The molecule has 0 radical (unpaired) electrons. The van der Waals surface area contributed by atoms with Crippen molar-refractivity contribution in [3.8, 4) is 0 Å². The Morgan fingerprint density at radius 2 is 2.10 bits per heavy atom. The largest absolute Gasteiger partial charge is 0.444 e. The van der Waals surface area contributed by atoms with E-state index in [-0.39, 0.29) is 0 Å². The highest BCUT2D eigenvalue weighted by atomic mass is 35.5. The number of rotatable bonds is 5. The molecule has 0 aliphatic heterocycles. The Morgan fingerprint density at radius 1 is 1.25 bits per heavy atom. The predicted octanol–water partition coefficient (Wildman–Crippen LogP) is 5.39. The molecule has 4 heteroatoms. The van der Waals surface area contributed by atoms with Crippen LogP contribution in [0.4, 0.5) is 0 Å². The second-order valence-corrected chi connectivity index (χ2v) is 6.03. The minimum atomic E-state index is 0.361. The predicted molar refractivity (Wildman–Crippen MR) is 85.4 cm³/mol. The van der Waals surface area contributed by atoms with E-state index in [1.165, 1.54) is 4.88 Å². The number of halogens is 1. The van der Waals surface area contributed by atoms with Gasteiger partial charge in [-0.1, -0.05) is 31.2 Å². The number of hydrogen-bond acceptors (Lipinski definition) is 3. The molecule has 2 aromatic heterocycles. The van der Waals surface area contributed by atoms with Crippen molar-refractivity contribution in [1.82, 2.24) is 5.32 Å². The number of benzene rings is 1. The number of nitrogens with one attached hydrogen (secondary N) is 1.